The Morgan fingerprint density at radius 3 is 2.42 bits per heavy atom. The van der Waals surface area contributed by atoms with Crippen molar-refractivity contribution in [2.24, 2.45) is 0 Å². The van der Waals surface area contributed by atoms with Crippen LogP contribution in [-0.2, 0) is 14.6 Å². The van der Waals surface area contributed by atoms with Gasteiger partial charge in [0, 0.05) is 6.04 Å². The molecule has 0 aliphatic carbocycles. The Bertz CT molecular complexity index is 421. The zero-order valence-corrected chi connectivity index (χ0v) is 12.6. The molecule has 0 spiro atoms. The van der Waals surface area contributed by atoms with Crippen LogP contribution in [-0.4, -0.2) is 49.0 Å². The highest BCUT2D eigenvalue weighted by molar-refractivity contribution is 7.91. The molecular formula is C13H24N2O3S. The number of amides is 1. The predicted octanol–water partition coefficient (Wildman–Crippen LogP) is 0.900. The molecule has 2 aliphatic rings. The lowest BCUT2D eigenvalue weighted by Crippen LogP contribution is -2.47. The Labute approximate surface area is 115 Å². The highest BCUT2D eigenvalue weighted by atomic mass is 32.2. The van der Waals surface area contributed by atoms with Crippen molar-refractivity contribution in [3.8, 4) is 0 Å². The molecule has 2 saturated heterocycles. The van der Waals surface area contributed by atoms with Crippen molar-refractivity contribution in [1.29, 1.82) is 0 Å². The summed E-state index contributed by atoms with van der Waals surface area (Å²) in [4.78, 5) is 14.4. The Kier molecular flexibility index (Phi) is 4.50. The van der Waals surface area contributed by atoms with Gasteiger partial charge in [-0.25, -0.2) is 8.42 Å². The van der Waals surface area contributed by atoms with Gasteiger partial charge in [-0.2, -0.15) is 0 Å². The number of rotatable bonds is 4. The van der Waals surface area contributed by atoms with E-state index in [0.717, 1.165) is 19.3 Å². The molecule has 2 atom stereocenters. The van der Waals surface area contributed by atoms with E-state index >= 15 is 0 Å². The van der Waals surface area contributed by atoms with Crippen molar-refractivity contribution >= 4 is 15.7 Å². The fourth-order valence-electron chi connectivity index (χ4n) is 3.12. The maximum Gasteiger partial charge on any atom is 0.241 e. The van der Waals surface area contributed by atoms with Crippen molar-refractivity contribution in [1.82, 2.24) is 10.2 Å². The van der Waals surface area contributed by atoms with Crippen LogP contribution in [0.15, 0.2) is 0 Å². The number of nitrogens with one attached hydrogen (secondary N) is 1. The Hall–Kier alpha value is -0.620. The lowest BCUT2D eigenvalue weighted by atomic mass is 10.1. The third kappa shape index (κ3) is 3.11. The average molecular weight is 288 g/mol. The number of carbonyl (C=O) groups excluding carboxylic acids is 1. The average Bonchev–Trinajstić information content (AvgIpc) is 2.67. The first kappa shape index (κ1) is 14.8. The summed E-state index contributed by atoms with van der Waals surface area (Å²) in [6.45, 7) is 4.14. The van der Waals surface area contributed by atoms with Crippen LogP contribution in [0, 0.1) is 0 Å². The van der Waals surface area contributed by atoms with Gasteiger partial charge in [-0.3, -0.25) is 10.1 Å². The second-order valence-electron chi connectivity index (χ2n) is 5.56. The van der Waals surface area contributed by atoms with E-state index in [9.17, 15) is 13.2 Å². The molecule has 110 valence electrons. The van der Waals surface area contributed by atoms with Gasteiger partial charge in [0.2, 0.25) is 5.91 Å². The van der Waals surface area contributed by atoms with Crippen molar-refractivity contribution in [3.63, 3.8) is 0 Å². The van der Waals surface area contributed by atoms with Crippen LogP contribution in [0.4, 0.5) is 0 Å². The van der Waals surface area contributed by atoms with Gasteiger partial charge in [0.1, 0.15) is 9.84 Å². The third-order valence-corrected chi connectivity index (χ3v) is 5.88. The van der Waals surface area contributed by atoms with Crippen LogP contribution in [0.25, 0.3) is 0 Å². The van der Waals surface area contributed by atoms with E-state index in [1.807, 2.05) is 4.90 Å². The maximum absolute atomic E-state index is 12.4. The second kappa shape index (κ2) is 5.79. The molecule has 2 rings (SSSR count). The van der Waals surface area contributed by atoms with Crippen LogP contribution < -0.4 is 5.32 Å². The van der Waals surface area contributed by atoms with Gasteiger partial charge in [0.25, 0.3) is 0 Å². The van der Waals surface area contributed by atoms with E-state index in [-0.39, 0.29) is 35.7 Å². The van der Waals surface area contributed by atoms with Gasteiger partial charge in [0.15, 0.2) is 0 Å². The van der Waals surface area contributed by atoms with E-state index in [0.29, 0.717) is 12.8 Å². The van der Waals surface area contributed by atoms with Crippen LogP contribution >= 0.6 is 0 Å². The molecule has 0 radical (unpaired) electrons. The van der Waals surface area contributed by atoms with E-state index in [2.05, 4.69) is 19.2 Å². The Morgan fingerprint density at radius 2 is 1.89 bits per heavy atom. The fourth-order valence-corrected chi connectivity index (χ4v) is 4.58. The summed E-state index contributed by atoms with van der Waals surface area (Å²) >= 11 is 0. The summed E-state index contributed by atoms with van der Waals surface area (Å²) in [6, 6.07) is 0.0174. The molecule has 2 heterocycles. The first-order valence-electron chi connectivity index (χ1n) is 7.27. The molecule has 2 fully saturated rings. The van der Waals surface area contributed by atoms with Crippen LogP contribution in [0.2, 0.25) is 0 Å². The molecule has 0 saturated carbocycles. The van der Waals surface area contributed by atoms with Gasteiger partial charge >= 0.3 is 0 Å². The molecule has 0 aromatic rings. The SMILES string of the molecule is CCCC1NC(CC)N(C2CCS(=O)(=O)CC2)C1=O. The number of nitrogens with zero attached hydrogens (tertiary/aromatic N) is 1. The smallest absolute Gasteiger partial charge is 0.241 e. The van der Waals surface area contributed by atoms with E-state index < -0.39 is 9.84 Å². The molecule has 5 nitrogen and oxygen atoms in total. The van der Waals surface area contributed by atoms with Gasteiger partial charge in [0.05, 0.1) is 23.7 Å². The van der Waals surface area contributed by atoms with Crippen molar-refractivity contribution in [3.05, 3.63) is 0 Å². The lowest BCUT2D eigenvalue weighted by molar-refractivity contribution is -0.132. The molecule has 0 aromatic carbocycles. The third-order valence-electron chi connectivity index (χ3n) is 4.16. The highest BCUT2D eigenvalue weighted by Crippen LogP contribution is 2.26. The monoisotopic (exact) mass is 288 g/mol. The summed E-state index contributed by atoms with van der Waals surface area (Å²) in [5, 5.41) is 3.39. The highest BCUT2D eigenvalue weighted by Gasteiger charge is 2.42. The number of carbonyl (C=O) groups is 1. The van der Waals surface area contributed by atoms with Gasteiger partial charge in [-0.05, 0) is 25.7 Å². The predicted molar refractivity (Wildman–Crippen MR) is 74.4 cm³/mol. The van der Waals surface area contributed by atoms with Crippen molar-refractivity contribution < 1.29 is 13.2 Å². The van der Waals surface area contributed by atoms with Gasteiger partial charge in [-0.15, -0.1) is 0 Å². The van der Waals surface area contributed by atoms with E-state index in [1.165, 1.54) is 0 Å². The summed E-state index contributed by atoms with van der Waals surface area (Å²) in [6.07, 6.45) is 3.96. The molecule has 1 N–H and O–H groups in total. The summed E-state index contributed by atoms with van der Waals surface area (Å²) in [5.74, 6) is 0.602. The minimum atomic E-state index is -2.87. The molecule has 2 unspecified atom stereocenters. The second-order valence-corrected chi connectivity index (χ2v) is 7.86. The minimum Gasteiger partial charge on any atom is -0.323 e. The number of hydrogen-bond acceptors (Lipinski definition) is 4. The quantitative estimate of drug-likeness (QED) is 0.834. The Balaban J connectivity index is 2.07. The first-order valence-corrected chi connectivity index (χ1v) is 9.09. The zero-order chi connectivity index (χ0) is 14.0. The standard InChI is InChI=1S/C13H24N2O3S/c1-3-5-11-13(16)15(12(4-2)14-11)10-6-8-19(17,18)9-7-10/h10-12,14H,3-9H2,1-2H3. The van der Waals surface area contributed by atoms with Crippen molar-refractivity contribution in [2.75, 3.05) is 11.5 Å². The zero-order valence-electron chi connectivity index (χ0n) is 11.8. The molecule has 6 heteroatoms. The van der Waals surface area contributed by atoms with Crippen LogP contribution in [0.1, 0.15) is 46.0 Å². The molecule has 1 amide bonds. The normalized spacial score (nSPS) is 31.9. The maximum atomic E-state index is 12.4. The number of hydrogen-bond donors (Lipinski definition) is 1. The van der Waals surface area contributed by atoms with Crippen molar-refractivity contribution in [2.45, 2.75) is 64.2 Å². The lowest BCUT2D eigenvalue weighted by Gasteiger charge is -2.34. The van der Waals surface area contributed by atoms with Crippen LogP contribution in [0.5, 0.6) is 0 Å². The molecule has 0 bridgehead atoms. The molecule has 0 aromatic heterocycles. The molecule has 19 heavy (non-hydrogen) atoms. The molecule has 2 aliphatic heterocycles. The largest absolute Gasteiger partial charge is 0.323 e. The topological polar surface area (TPSA) is 66.5 Å². The Morgan fingerprint density at radius 1 is 1.26 bits per heavy atom. The fraction of sp³-hybridized carbons (Fsp3) is 0.923. The summed E-state index contributed by atoms with van der Waals surface area (Å²) in [5.41, 5.74) is 0. The van der Waals surface area contributed by atoms with Crippen LogP contribution in [0.3, 0.4) is 0 Å². The summed E-state index contributed by atoms with van der Waals surface area (Å²) in [7, 11) is -2.87. The van der Waals surface area contributed by atoms with E-state index in [1.54, 1.807) is 0 Å². The number of sulfone groups is 1. The van der Waals surface area contributed by atoms with E-state index in [4.69, 9.17) is 0 Å². The minimum absolute atomic E-state index is 0.0755. The van der Waals surface area contributed by atoms with Gasteiger partial charge in [-0.1, -0.05) is 20.3 Å². The first-order chi connectivity index (χ1) is 8.98. The molecular weight excluding hydrogens is 264 g/mol. The summed E-state index contributed by atoms with van der Waals surface area (Å²) < 4.78 is 23.0. The van der Waals surface area contributed by atoms with Gasteiger partial charge < -0.3 is 4.90 Å².